The number of carbonyl (C=O) groups excluding carboxylic acids is 1. The average Bonchev–Trinajstić information content (AvgIpc) is 2.96. The predicted octanol–water partition coefficient (Wildman–Crippen LogP) is 2.41. The van der Waals surface area contributed by atoms with Crippen molar-refractivity contribution in [1.82, 2.24) is 10.2 Å². The number of carbonyl (C=O) groups is 1. The second-order valence-electron chi connectivity index (χ2n) is 5.24. The van der Waals surface area contributed by atoms with Gasteiger partial charge in [0, 0.05) is 13.0 Å². The van der Waals surface area contributed by atoms with E-state index in [2.05, 4.69) is 5.32 Å². The number of hydrogen-bond acceptors (Lipinski definition) is 3. The van der Waals surface area contributed by atoms with E-state index in [9.17, 15) is 4.79 Å². The number of amides is 1. The molecule has 0 spiro atoms. The standard InChI is InChI=1S/C15H24N2O2/c1-2-17(12-14-6-4-10-19-14)15(18)8-7-13-5-3-9-16-11-13/h4,6,10,13,16H,2-3,5,7-9,11-12H2,1H3. The van der Waals surface area contributed by atoms with Crippen molar-refractivity contribution in [2.45, 2.75) is 39.2 Å². The van der Waals surface area contributed by atoms with Crippen molar-refractivity contribution in [3.05, 3.63) is 24.2 Å². The van der Waals surface area contributed by atoms with Gasteiger partial charge in [-0.05, 0) is 57.3 Å². The molecule has 1 aliphatic rings. The highest BCUT2D eigenvalue weighted by Gasteiger charge is 2.17. The zero-order valence-corrected chi connectivity index (χ0v) is 11.7. The highest BCUT2D eigenvalue weighted by Crippen LogP contribution is 2.17. The topological polar surface area (TPSA) is 45.5 Å². The van der Waals surface area contributed by atoms with E-state index in [1.54, 1.807) is 6.26 Å². The van der Waals surface area contributed by atoms with E-state index in [4.69, 9.17) is 4.42 Å². The maximum atomic E-state index is 12.2. The first kappa shape index (κ1) is 14.1. The minimum atomic E-state index is 0.240. The van der Waals surface area contributed by atoms with Crippen LogP contribution in [0.1, 0.15) is 38.4 Å². The molecule has 0 bridgehead atoms. The maximum absolute atomic E-state index is 12.2. The van der Waals surface area contributed by atoms with Gasteiger partial charge in [0.05, 0.1) is 12.8 Å². The van der Waals surface area contributed by atoms with Crippen molar-refractivity contribution in [3.63, 3.8) is 0 Å². The summed E-state index contributed by atoms with van der Waals surface area (Å²) in [5.74, 6) is 1.76. The molecule has 0 radical (unpaired) electrons. The summed E-state index contributed by atoms with van der Waals surface area (Å²) < 4.78 is 5.31. The quantitative estimate of drug-likeness (QED) is 0.858. The molecule has 0 aliphatic carbocycles. The van der Waals surface area contributed by atoms with Gasteiger partial charge < -0.3 is 14.6 Å². The van der Waals surface area contributed by atoms with E-state index < -0.39 is 0 Å². The summed E-state index contributed by atoms with van der Waals surface area (Å²) in [6, 6.07) is 3.78. The second-order valence-corrected chi connectivity index (χ2v) is 5.24. The van der Waals surface area contributed by atoms with E-state index in [1.807, 2.05) is 24.0 Å². The first-order valence-corrected chi connectivity index (χ1v) is 7.30. The normalized spacial score (nSPS) is 19.3. The fourth-order valence-electron chi connectivity index (χ4n) is 2.62. The minimum absolute atomic E-state index is 0.240. The van der Waals surface area contributed by atoms with Crippen LogP contribution in [0.4, 0.5) is 0 Å². The van der Waals surface area contributed by atoms with Crippen molar-refractivity contribution >= 4 is 5.91 Å². The Morgan fingerprint density at radius 3 is 3.11 bits per heavy atom. The van der Waals surface area contributed by atoms with E-state index in [-0.39, 0.29) is 5.91 Å². The molecule has 1 N–H and O–H groups in total. The van der Waals surface area contributed by atoms with Crippen LogP contribution in [0.5, 0.6) is 0 Å². The van der Waals surface area contributed by atoms with E-state index in [0.29, 0.717) is 18.9 Å². The van der Waals surface area contributed by atoms with Crippen LogP contribution in [-0.4, -0.2) is 30.4 Å². The van der Waals surface area contributed by atoms with Crippen molar-refractivity contribution in [3.8, 4) is 0 Å². The van der Waals surface area contributed by atoms with Gasteiger partial charge in [0.25, 0.3) is 0 Å². The van der Waals surface area contributed by atoms with E-state index in [0.717, 1.165) is 31.8 Å². The van der Waals surface area contributed by atoms with Crippen LogP contribution >= 0.6 is 0 Å². The zero-order chi connectivity index (χ0) is 13.5. The van der Waals surface area contributed by atoms with Gasteiger partial charge in [0.2, 0.25) is 5.91 Å². The molecular formula is C15H24N2O2. The number of hydrogen-bond donors (Lipinski definition) is 1. The molecule has 4 heteroatoms. The van der Waals surface area contributed by atoms with Crippen LogP contribution in [0.2, 0.25) is 0 Å². The van der Waals surface area contributed by atoms with Crippen LogP contribution < -0.4 is 5.32 Å². The number of rotatable bonds is 6. The maximum Gasteiger partial charge on any atom is 0.222 e. The first-order valence-electron chi connectivity index (χ1n) is 7.30. The van der Waals surface area contributed by atoms with E-state index in [1.165, 1.54) is 12.8 Å². The summed E-state index contributed by atoms with van der Waals surface area (Å²) in [7, 11) is 0. The van der Waals surface area contributed by atoms with Gasteiger partial charge in [-0.15, -0.1) is 0 Å². The third-order valence-electron chi connectivity index (χ3n) is 3.83. The molecule has 1 fully saturated rings. The van der Waals surface area contributed by atoms with Crippen LogP contribution in [0.15, 0.2) is 22.8 Å². The van der Waals surface area contributed by atoms with Crippen LogP contribution in [0, 0.1) is 5.92 Å². The Morgan fingerprint density at radius 1 is 1.58 bits per heavy atom. The fraction of sp³-hybridized carbons (Fsp3) is 0.667. The molecule has 1 aromatic rings. The van der Waals surface area contributed by atoms with Gasteiger partial charge in [-0.2, -0.15) is 0 Å². The molecule has 2 rings (SSSR count). The molecule has 1 amide bonds. The largest absolute Gasteiger partial charge is 0.467 e. The molecule has 106 valence electrons. The molecule has 0 aromatic carbocycles. The van der Waals surface area contributed by atoms with Crippen LogP contribution in [0.3, 0.4) is 0 Å². The van der Waals surface area contributed by atoms with Gasteiger partial charge in [-0.25, -0.2) is 0 Å². The number of piperidine rings is 1. The van der Waals surface area contributed by atoms with Gasteiger partial charge in [-0.1, -0.05) is 0 Å². The summed E-state index contributed by atoms with van der Waals surface area (Å²) in [6.45, 7) is 5.54. The van der Waals surface area contributed by atoms with Crippen LogP contribution in [0.25, 0.3) is 0 Å². The van der Waals surface area contributed by atoms with Gasteiger partial charge in [-0.3, -0.25) is 4.79 Å². The molecule has 1 aromatic heterocycles. The molecule has 1 unspecified atom stereocenters. The Labute approximate surface area is 115 Å². The molecular weight excluding hydrogens is 240 g/mol. The smallest absolute Gasteiger partial charge is 0.222 e. The highest BCUT2D eigenvalue weighted by atomic mass is 16.3. The highest BCUT2D eigenvalue weighted by molar-refractivity contribution is 5.76. The Kier molecular flexibility index (Phi) is 5.45. The molecule has 1 saturated heterocycles. The Balaban J connectivity index is 1.76. The van der Waals surface area contributed by atoms with Gasteiger partial charge in [0.15, 0.2) is 0 Å². The SMILES string of the molecule is CCN(Cc1ccco1)C(=O)CCC1CCCNC1. The molecule has 1 atom stereocenters. The average molecular weight is 264 g/mol. The summed E-state index contributed by atoms with van der Waals surface area (Å²) in [5, 5.41) is 3.40. The van der Waals surface area contributed by atoms with Crippen molar-refractivity contribution in [1.29, 1.82) is 0 Å². The van der Waals surface area contributed by atoms with Crippen molar-refractivity contribution < 1.29 is 9.21 Å². The van der Waals surface area contributed by atoms with E-state index >= 15 is 0 Å². The lowest BCUT2D eigenvalue weighted by molar-refractivity contribution is -0.132. The summed E-state index contributed by atoms with van der Waals surface area (Å²) in [6.07, 6.45) is 5.80. The lowest BCUT2D eigenvalue weighted by Gasteiger charge is -2.24. The molecule has 4 nitrogen and oxygen atoms in total. The summed E-state index contributed by atoms with van der Waals surface area (Å²) in [5.41, 5.74) is 0. The van der Waals surface area contributed by atoms with Crippen molar-refractivity contribution in [2.24, 2.45) is 5.92 Å². The monoisotopic (exact) mass is 264 g/mol. The molecule has 1 aliphatic heterocycles. The molecule has 0 saturated carbocycles. The number of nitrogens with zero attached hydrogens (tertiary/aromatic N) is 1. The van der Waals surface area contributed by atoms with Gasteiger partial charge in [0.1, 0.15) is 5.76 Å². The number of nitrogens with one attached hydrogen (secondary N) is 1. The second kappa shape index (κ2) is 7.34. The Bertz CT molecular complexity index is 370. The van der Waals surface area contributed by atoms with Crippen molar-refractivity contribution in [2.75, 3.05) is 19.6 Å². The molecule has 2 heterocycles. The molecule has 19 heavy (non-hydrogen) atoms. The number of furan rings is 1. The fourth-order valence-corrected chi connectivity index (χ4v) is 2.62. The lowest BCUT2D eigenvalue weighted by Crippen LogP contribution is -2.33. The first-order chi connectivity index (χ1) is 9.29. The summed E-state index contributed by atoms with van der Waals surface area (Å²) >= 11 is 0. The minimum Gasteiger partial charge on any atom is -0.467 e. The third-order valence-corrected chi connectivity index (χ3v) is 3.83. The Hall–Kier alpha value is -1.29. The zero-order valence-electron chi connectivity index (χ0n) is 11.7. The van der Waals surface area contributed by atoms with Crippen LogP contribution in [-0.2, 0) is 11.3 Å². The summed E-state index contributed by atoms with van der Waals surface area (Å²) in [4.78, 5) is 14.1. The predicted molar refractivity (Wildman–Crippen MR) is 74.6 cm³/mol. The third kappa shape index (κ3) is 4.39. The Morgan fingerprint density at radius 2 is 2.47 bits per heavy atom. The van der Waals surface area contributed by atoms with Gasteiger partial charge >= 0.3 is 0 Å². The lowest BCUT2D eigenvalue weighted by atomic mass is 9.94.